The number of hydrogen-bond donors (Lipinski definition) is 1. The van der Waals surface area contributed by atoms with E-state index in [4.69, 9.17) is 16.3 Å². The molecule has 0 bridgehead atoms. The van der Waals surface area contributed by atoms with Crippen molar-refractivity contribution in [2.45, 2.75) is 6.10 Å². The lowest BCUT2D eigenvalue weighted by Crippen LogP contribution is -2.29. The number of amides is 1. The lowest BCUT2D eigenvalue weighted by Gasteiger charge is -2.16. The summed E-state index contributed by atoms with van der Waals surface area (Å²) in [5.41, 5.74) is 2.37. The third-order valence-electron chi connectivity index (χ3n) is 3.73. The molecule has 0 aliphatic heterocycles. The summed E-state index contributed by atoms with van der Waals surface area (Å²) in [4.78, 5) is 16.8. The molecular formula is C19H17ClN2O2S. The normalized spacial score (nSPS) is 11.9. The van der Waals surface area contributed by atoms with Crippen molar-refractivity contribution in [2.75, 3.05) is 13.7 Å². The van der Waals surface area contributed by atoms with E-state index in [1.807, 2.05) is 42.5 Å². The number of ether oxygens (including phenoxy) is 1. The van der Waals surface area contributed by atoms with E-state index in [1.54, 1.807) is 24.6 Å². The van der Waals surface area contributed by atoms with Crippen molar-refractivity contribution in [1.82, 2.24) is 10.3 Å². The summed E-state index contributed by atoms with van der Waals surface area (Å²) in [5, 5.41) is 6.13. The SMILES string of the molecule is CO[C@H](CNC(=O)c1csc(-c2ccccc2)n1)c1ccc(Cl)cc1. The minimum atomic E-state index is -0.242. The van der Waals surface area contributed by atoms with Gasteiger partial charge in [-0.2, -0.15) is 0 Å². The monoisotopic (exact) mass is 372 g/mol. The van der Waals surface area contributed by atoms with Gasteiger partial charge in [-0.1, -0.05) is 54.1 Å². The van der Waals surface area contributed by atoms with Gasteiger partial charge in [0.1, 0.15) is 10.7 Å². The molecular weight excluding hydrogens is 356 g/mol. The standard InChI is InChI=1S/C19H17ClN2O2S/c1-24-17(13-7-9-15(20)10-8-13)11-21-18(23)16-12-25-19(22-16)14-5-3-2-4-6-14/h2-10,12,17H,11H2,1H3,(H,21,23)/t17-/m1/s1. The number of carbonyl (C=O) groups excluding carboxylic acids is 1. The Morgan fingerprint density at radius 1 is 1.20 bits per heavy atom. The maximum absolute atomic E-state index is 12.4. The quantitative estimate of drug-likeness (QED) is 0.689. The Hall–Kier alpha value is -2.21. The zero-order chi connectivity index (χ0) is 17.6. The van der Waals surface area contributed by atoms with Gasteiger partial charge in [0.2, 0.25) is 0 Å². The van der Waals surface area contributed by atoms with Gasteiger partial charge in [0.15, 0.2) is 0 Å². The first kappa shape index (κ1) is 17.6. The molecule has 128 valence electrons. The van der Waals surface area contributed by atoms with Gasteiger partial charge in [-0.25, -0.2) is 4.98 Å². The molecule has 0 saturated carbocycles. The maximum atomic E-state index is 12.4. The number of nitrogens with one attached hydrogen (secondary N) is 1. The summed E-state index contributed by atoms with van der Waals surface area (Å²) in [5.74, 6) is -0.213. The van der Waals surface area contributed by atoms with Gasteiger partial charge in [-0.05, 0) is 17.7 Å². The Kier molecular flexibility index (Phi) is 5.81. The predicted molar refractivity (Wildman–Crippen MR) is 101 cm³/mol. The zero-order valence-corrected chi connectivity index (χ0v) is 15.2. The fourth-order valence-corrected chi connectivity index (χ4v) is 3.31. The summed E-state index contributed by atoms with van der Waals surface area (Å²) < 4.78 is 5.46. The molecule has 0 aliphatic rings. The Bertz CT molecular complexity index is 834. The number of rotatable bonds is 6. The third kappa shape index (κ3) is 4.45. The van der Waals surface area contributed by atoms with Crippen molar-refractivity contribution in [3.05, 3.63) is 76.3 Å². The smallest absolute Gasteiger partial charge is 0.270 e. The molecule has 6 heteroatoms. The number of halogens is 1. The molecule has 1 amide bonds. The first-order chi connectivity index (χ1) is 12.2. The molecule has 0 fully saturated rings. The Morgan fingerprint density at radius 3 is 2.60 bits per heavy atom. The number of nitrogens with zero attached hydrogens (tertiary/aromatic N) is 1. The van der Waals surface area contributed by atoms with Crippen molar-refractivity contribution in [3.8, 4) is 10.6 Å². The van der Waals surface area contributed by atoms with Gasteiger partial charge in [0, 0.05) is 29.6 Å². The summed E-state index contributed by atoms with van der Waals surface area (Å²) >= 11 is 7.35. The fourth-order valence-electron chi connectivity index (χ4n) is 2.38. The van der Waals surface area contributed by atoms with Gasteiger partial charge in [-0.3, -0.25) is 4.79 Å². The van der Waals surface area contributed by atoms with Crippen molar-refractivity contribution >= 4 is 28.8 Å². The van der Waals surface area contributed by atoms with E-state index in [2.05, 4.69) is 10.3 Å². The minimum absolute atomic E-state index is 0.213. The minimum Gasteiger partial charge on any atom is -0.375 e. The van der Waals surface area contributed by atoms with E-state index in [0.717, 1.165) is 16.1 Å². The van der Waals surface area contributed by atoms with Gasteiger partial charge >= 0.3 is 0 Å². The van der Waals surface area contributed by atoms with Crippen LogP contribution in [0.4, 0.5) is 0 Å². The van der Waals surface area contributed by atoms with Gasteiger partial charge in [-0.15, -0.1) is 11.3 Å². The summed E-state index contributed by atoms with van der Waals surface area (Å²) in [7, 11) is 1.61. The Morgan fingerprint density at radius 2 is 1.92 bits per heavy atom. The maximum Gasteiger partial charge on any atom is 0.270 e. The molecule has 4 nitrogen and oxygen atoms in total. The molecule has 0 unspecified atom stereocenters. The van der Waals surface area contributed by atoms with Crippen LogP contribution in [0.25, 0.3) is 10.6 Å². The molecule has 3 rings (SSSR count). The van der Waals surface area contributed by atoms with Gasteiger partial charge < -0.3 is 10.1 Å². The molecule has 1 aromatic heterocycles. The second-order valence-corrected chi connectivity index (χ2v) is 6.68. The second kappa shape index (κ2) is 8.25. The number of aromatic nitrogens is 1. The number of hydrogen-bond acceptors (Lipinski definition) is 4. The highest BCUT2D eigenvalue weighted by molar-refractivity contribution is 7.13. The van der Waals surface area contributed by atoms with Crippen LogP contribution in [0.1, 0.15) is 22.2 Å². The average Bonchev–Trinajstić information content (AvgIpc) is 3.14. The number of benzene rings is 2. The van der Waals surface area contributed by atoms with Crippen LogP contribution < -0.4 is 5.32 Å². The molecule has 1 heterocycles. The summed E-state index contributed by atoms with van der Waals surface area (Å²) in [6.45, 7) is 0.356. The Balaban J connectivity index is 1.64. The lowest BCUT2D eigenvalue weighted by molar-refractivity contribution is 0.0825. The van der Waals surface area contributed by atoms with Crippen molar-refractivity contribution < 1.29 is 9.53 Å². The summed E-state index contributed by atoms with van der Waals surface area (Å²) in [6.07, 6.45) is -0.242. The van der Waals surface area contributed by atoms with Crippen LogP contribution in [0, 0.1) is 0 Å². The largest absolute Gasteiger partial charge is 0.375 e. The molecule has 2 aromatic carbocycles. The molecule has 0 aliphatic carbocycles. The molecule has 0 saturated heterocycles. The van der Waals surface area contributed by atoms with Crippen molar-refractivity contribution in [2.24, 2.45) is 0 Å². The van der Waals surface area contributed by atoms with Crippen LogP contribution in [-0.4, -0.2) is 24.5 Å². The summed E-state index contributed by atoms with van der Waals surface area (Å²) in [6, 6.07) is 17.2. The van der Waals surface area contributed by atoms with E-state index in [-0.39, 0.29) is 12.0 Å². The molecule has 1 atom stereocenters. The lowest BCUT2D eigenvalue weighted by atomic mass is 10.1. The van der Waals surface area contributed by atoms with Crippen molar-refractivity contribution in [3.63, 3.8) is 0 Å². The predicted octanol–water partition coefficient (Wildman–Crippen LogP) is 4.58. The second-order valence-electron chi connectivity index (χ2n) is 5.39. The third-order valence-corrected chi connectivity index (χ3v) is 4.88. The highest BCUT2D eigenvalue weighted by Crippen LogP contribution is 2.23. The number of methoxy groups -OCH3 is 1. The van der Waals surface area contributed by atoms with E-state index in [0.29, 0.717) is 17.3 Å². The van der Waals surface area contributed by atoms with Crippen LogP contribution in [0.3, 0.4) is 0 Å². The Labute approximate surface area is 155 Å². The number of carbonyl (C=O) groups is 1. The molecule has 3 aromatic rings. The molecule has 1 N–H and O–H groups in total. The van der Waals surface area contributed by atoms with Crippen LogP contribution in [0.15, 0.2) is 60.0 Å². The van der Waals surface area contributed by atoms with Crippen LogP contribution in [0.2, 0.25) is 5.02 Å². The van der Waals surface area contributed by atoms with Crippen LogP contribution >= 0.6 is 22.9 Å². The molecule has 25 heavy (non-hydrogen) atoms. The van der Waals surface area contributed by atoms with E-state index in [9.17, 15) is 4.79 Å². The zero-order valence-electron chi connectivity index (χ0n) is 13.6. The fraction of sp³-hybridized carbons (Fsp3) is 0.158. The van der Waals surface area contributed by atoms with Crippen molar-refractivity contribution in [1.29, 1.82) is 0 Å². The topological polar surface area (TPSA) is 51.2 Å². The van der Waals surface area contributed by atoms with Crippen LogP contribution in [0.5, 0.6) is 0 Å². The van der Waals surface area contributed by atoms with E-state index >= 15 is 0 Å². The van der Waals surface area contributed by atoms with E-state index < -0.39 is 0 Å². The molecule has 0 spiro atoms. The molecule has 0 radical (unpaired) electrons. The van der Waals surface area contributed by atoms with Gasteiger partial charge in [0.25, 0.3) is 5.91 Å². The highest BCUT2D eigenvalue weighted by Gasteiger charge is 2.15. The first-order valence-electron chi connectivity index (χ1n) is 7.75. The highest BCUT2D eigenvalue weighted by atomic mass is 35.5. The van der Waals surface area contributed by atoms with Crippen LogP contribution in [-0.2, 0) is 4.74 Å². The van der Waals surface area contributed by atoms with Gasteiger partial charge in [0.05, 0.1) is 6.10 Å². The van der Waals surface area contributed by atoms with E-state index in [1.165, 1.54) is 11.3 Å². The first-order valence-corrected chi connectivity index (χ1v) is 9.00. The average molecular weight is 373 g/mol. The number of thiazole rings is 1.